The highest BCUT2D eigenvalue weighted by atomic mass is 35.5. The van der Waals surface area contributed by atoms with Gasteiger partial charge in [0, 0.05) is 29.9 Å². The summed E-state index contributed by atoms with van der Waals surface area (Å²) in [6.45, 7) is 2.32. The van der Waals surface area contributed by atoms with Crippen LogP contribution in [0.25, 0.3) is 11.3 Å². The Kier molecular flexibility index (Phi) is 7.41. The van der Waals surface area contributed by atoms with Crippen LogP contribution in [0.2, 0.25) is 0 Å². The average molecular weight is 415 g/mol. The van der Waals surface area contributed by atoms with Gasteiger partial charge in [-0.05, 0) is 37.4 Å². The first-order valence-electron chi connectivity index (χ1n) is 8.62. The largest absolute Gasteiger partial charge is 0.349 e. The van der Waals surface area contributed by atoms with Crippen molar-refractivity contribution >= 4 is 42.1 Å². The van der Waals surface area contributed by atoms with Gasteiger partial charge < -0.3 is 10.6 Å². The first-order valence-corrected chi connectivity index (χ1v) is 9.50. The third kappa shape index (κ3) is 4.03. The number of pyridine rings is 1. The van der Waals surface area contributed by atoms with Crippen LogP contribution < -0.4 is 10.6 Å². The number of fused-ring (bicyclic) bond motifs is 1. The molecule has 2 aromatic heterocycles. The van der Waals surface area contributed by atoms with Gasteiger partial charge in [-0.2, -0.15) is 0 Å². The molecule has 2 atom stereocenters. The molecule has 2 aliphatic rings. The minimum atomic E-state index is -0.191. The van der Waals surface area contributed by atoms with E-state index in [1.54, 1.807) is 23.7 Å². The zero-order chi connectivity index (χ0) is 16.4. The molecule has 2 aromatic rings. The molecule has 0 aromatic carbocycles. The normalized spacial score (nSPS) is 24.1. The number of thiazole rings is 1. The minimum Gasteiger partial charge on any atom is -0.349 e. The molecule has 5 nitrogen and oxygen atoms in total. The van der Waals surface area contributed by atoms with Crippen molar-refractivity contribution in [3.8, 4) is 11.3 Å². The summed E-state index contributed by atoms with van der Waals surface area (Å²) in [6.07, 6.45) is 8.13. The van der Waals surface area contributed by atoms with E-state index in [0.29, 0.717) is 12.5 Å². The summed E-state index contributed by atoms with van der Waals surface area (Å²) < 4.78 is 0. The van der Waals surface area contributed by atoms with Gasteiger partial charge in [0.25, 0.3) is 0 Å². The monoisotopic (exact) mass is 414 g/mol. The summed E-state index contributed by atoms with van der Waals surface area (Å²) in [6, 6.07) is 3.90. The minimum absolute atomic E-state index is 0. The number of aromatic nitrogens is 2. The van der Waals surface area contributed by atoms with Crippen LogP contribution in [0.15, 0.2) is 29.9 Å². The molecule has 1 saturated carbocycles. The van der Waals surface area contributed by atoms with E-state index in [9.17, 15) is 4.79 Å². The number of halogens is 2. The summed E-state index contributed by atoms with van der Waals surface area (Å²) >= 11 is 1.59. The number of carbonyl (C=O) groups excluding carboxylic acids is 1. The lowest BCUT2D eigenvalue weighted by molar-refractivity contribution is -0.134. The summed E-state index contributed by atoms with van der Waals surface area (Å²) in [7, 11) is 0. The lowest BCUT2D eigenvalue weighted by atomic mass is 9.67. The SMILES string of the molecule is Cl.Cl.O=C(NCc1nc(-c2ccncc2)cs1)[C@@]12CCCC[C@H]1CNC2. The van der Waals surface area contributed by atoms with Crippen molar-refractivity contribution in [2.24, 2.45) is 11.3 Å². The molecule has 3 heterocycles. The molecule has 4 rings (SSSR count). The molecule has 1 aliphatic carbocycles. The van der Waals surface area contributed by atoms with E-state index in [1.807, 2.05) is 17.5 Å². The maximum absolute atomic E-state index is 12.9. The zero-order valence-corrected chi connectivity index (χ0v) is 16.9. The van der Waals surface area contributed by atoms with Crippen molar-refractivity contribution in [2.45, 2.75) is 32.2 Å². The van der Waals surface area contributed by atoms with Crippen molar-refractivity contribution in [3.63, 3.8) is 0 Å². The molecule has 2 N–H and O–H groups in total. The fourth-order valence-corrected chi connectivity index (χ4v) is 4.81. The Balaban J connectivity index is 0.00000121. The van der Waals surface area contributed by atoms with Gasteiger partial charge in [-0.1, -0.05) is 12.8 Å². The molecule has 1 aliphatic heterocycles. The fraction of sp³-hybridized carbons (Fsp3) is 0.500. The Morgan fingerprint density at radius 3 is 2.92 bits per heavy atom. The van der Waals surface area contributed by atoms with Crippen LogP contribution in [0.4, 0.5) is 0 Å². The predicted molar refractivity (Wildman–Crippen MR) is 109 cm³/mol. The molecule has 2 fully saturated rings. The number of hydrogen-bond acceptors (Lipinski definition) is 5. The third-order valence-electron chi connectivity index (χ3n) is 5.42. The number of nitrogens with one attached hydrogen (secondary N) is 2. The molecule has 1 saturated heterocycles. The van der Waals surface area contributed by atoms with E-state index in [4.69, 9.17) is 0 Å². The Morgan fingerprint density at radius 1 is 1.31 bits per heavy atom. The van der Waals surface area contributed by atoms with Crippen molar-refractivity contribution < 1.29 is 4.79 Å². The van der Waals surface area contributed by atoms with E-state index in [-0.39, 0.29) is 36.1 Å². The van der Waals surface area contributed by atoms with E-state index in [0.717, 1.165) is 42.2 Å². The highest BCUT2D eigenvalue weighted by Gasteiger charge is 2.49. The van der Waals surface area contributed by atoms with Crippen LogP contribution in [0.5, 0.6) is 0 Å². The molecular weight excluding hydrogens is 391 g/mol. The Bertz CT molecular complexity index is 727. The van der Waals surface area contributed by atoms with Gasteiger partial charge in [0.2, 0.25) is 5.91 Å². The van der Waals surface area contributed by atoms with Gasteiger partial charge in [-0.3, -0.25) is 9.78 Å². The highest BCUT2D eigenvalue weighted by molar-refractivity contribution is 7.09. The summed E-state index contributed by atoms with van der Waals surface area (Å²) in [5.41, 5.74) is 1.82. The van der Waals surface area contributed by atoms with Crippen LogP contribution >= 0.6 is 36.2 Å². The first-order chi connectivity index (χ1) is 11.8. The van der Waals surface area contributed by atoms with Gasteiger partial charge in [0.05, 0.1) is 17.7 Å². The van der Waals surface area contributed by atoms with Gasteiger partial charge in [-0.15, -0.1) is 36.2 Å². The summed E-state index contributed by atoms with van der Waals surface area (Å²) in [5.74, 6) is 0.702. The van der Waals surface area contributed by atoms with Gasteiger partial charge >= 0.3 is 0 Å². The van der Waals surface area contributed by atoms with Crippen LogP contribution in [0.1, 0.15) is 30.7 Å². The lowest BCUT2D eigenvalue weighted by Crippen LogP contribution is -2.47. The van der Waals surface area contributed by atoms with Crippen molar-refractivity contribution in [3.05, 3.63) is 34.9 Å². The van der Waals surface area contributed by atoms with Crippen LogP contribution in [-0.2, 0) is 11.3 Å². The van der Waals surface area contributed by atoms with Crippen LogP contribution in [0, 0.1) is 11.3 Å². The van der Waals surface area contributed by atoms with Crippen molar-refractivity contribution in [1.29, 1.82) is 0 Å². The second kappa shape index (κ2) is 9.13. The van der Waals surface area contributed by atoms with Gasteiger partial charge in [0.15, 0.2) is 0 Å². The Morgan fingerprint density at radius 2 is 2.12 bits per heavy atom. The van der Waals surface area contributed by atoms with Crippen molar-refractivity contribution in [2.75, 3.05) is 13.1 Å². The predicted octanol–water partition coefficient (Wildman–Crippen LogP) is 3.44. The fourth-order valence-electron chi connectivity index (χ4n) is 4.07. The lowest BCUT2D eigenvalue weighted by Gasteiger charge is -2.37. The number of nitrogens with zero attached hydrogens (tertiary/aromatic N) is 2. The number of amides is 1. The molecule has 0 spiro atoms. The molecule has 26 heavy (non-hydrogen) atoms. The average Bonchev–Trinajstić information content (AvgIpc) is 3.28. The van der Waals surface area contributed by atoms with E-state index >= 15 is 0 Å². The van der Waals surface area contributed by atoms with E-state index in [2.05, 4.69) is 20.6 Å². The molecule has 0 radical (unpaired) electrons. The Labute approximate surface area is 170 Å². The second-order valence-electron chi connectivity index (χ2n) is 6.77. The molecular formula is C18H24Cl2N4OS. The van der Waals surface area contributed by atoms with Crippen molar-refractivity contribution in [1.82, 2.24) is 20.6 Å². The van der Waals surface area contributed by atoms with E-state index < -0.39 is 0 Å². The topological polar surface area (TPSA) is 66.9 Å². The molecule has 8 heteroatoms. The van der Waals surface area contributed by atoms with Gasteiger partial charge in [-0.25, -0.2) is 4.98 Å². The summed E-state index contributed by atoms with van der Waals surface area (Å²) in [5, 5.41) is 9.57. The number of hydrogen-bond donors (Lipinski definition) is 2. The molecule has 1 amide bonds. The van der Waals surface area contributed by atoms with Crippen LogP contribution in [-0.4, -0.2) is 29.0 Å². The molecule has 142 valence electrons. The zero-order valence-electron chi connectivity index (χ0n) is 14.4. The van der Waals surface area contributed by atoms with E-state index in [1.165, 1.54) is 12.8 Å². The smallest absolute Gasteiger partial charge is 0.228 e. The maximum Gasteiger partial charge on any atom is 0.228 e. The van der Waals surface area contributed by atoms with Crippen LogP contribution in [0.3, 0.4) is 0 Å². The molecule has 0 unspecified atom stereocenters. The number of carbonyl (C=O) groups is 1. The summed E-state index contributed by atoms with van der Waals surface area (Å²) in [4.78, 5) is 21.5. The quantitative estimate of drug-likeness (QED) is 0.803. The maximum atomic E-state index is 12.9. The Hall–Kier alpha value is -1.21. The molecule has 0 bridgehead atoms. The number of rotatable bonds is 4. The van der Waals surface area contributed by atoms with Gasteiger partial charge in [0.1, 0.15) is 5.01 Å². The standard InChI is InChI=1S/C18H22N4OS.2ClH/c23-17(18-6-2-1-3-14(18)9-20-12-18)21-10-16-22-15(11-24-16)13-4-7-19-8-5-13;;/h4-5,7-8,11,14,20H,1-3,6,9-10,12H2,(H,21,23);2*1H/t14-,18+;;/m0../s1. The third-order valence-corrected chi connectivity index (χ3v) is 6.27. The first kappa shape index (κ1) is 21.1. The second-order valence-corrected chi connectivity index (χ2v) is 7.72. The highest BCUT2D eigenvalue weighted by Crippen LogP contribution is 2.43.